The quantitative estimate of drug-likeness (QED) is 0.526. The van der Waals surface area contributed by atoms with Gasteiger partial charge in [-0.2, -0.15) is 5.26 Å². The van der Waals surface area contributed by atoms with E-state index in [1.165, 1.54) is 17.3 Å². The van der Waals surface area contributed by atoms with E-state index < -0.39 is 0 Å². The Morgan fingerprint density at radius 2 is 2.00 bits per heavy atom. The fourth-order valence-corrected chi connectivity index (χ4v) is 2.37. The molecule has 0 saturated carbocycles. The van der Waals surface area contributed by atoms with Crippen LogP contribution in [0.25, 0.3) is 6.08 Å². The molecule has 2 N–H and O–H groups in total. The lowest BCUT2D eigenvalue weighted by Crippen LogP contribution is -2.09. The summed E-state index contributed by atoms with van der Waals surface area (Å²) in [6.45, 7) is 2.05. The van der Waals surface area contributed by atoms with Crippen LogP contribution in [0.5, 0.6) is 0 Å². The molecular formula is C15H12N2OS2. The average molecular weight is 300 g/mol. The number of hydrogen-bond acceptors (Lipinski definition) is 4. The van der Waals surface area contributed by atoms with Gasteiger partial charge in [0.2, 0.25) is 0 Å². The van der Waals surface area contributed by atoms with Crippen molar-refractivity contribution in [3.8, 4) is 6.07 Å². The van der Waals surface area contributed by atoms with Crippen molar-refractivity contribution < 1.29 is 4.42 Å². The third-order valence-electron chi connectivity index (χ3n) is 2.51. The fraction of sp³-hybridized carbons (Fsp3) is 0.0667. The van der Waals surface area contributed by atoms with Crippen molar-refractivity contribution >= 4 is 35.0 Å². The summed E-state index contributed by atoms with van der Waals surface area (Å²) < 4.78 is 5.62. The van der Waals surface area contributed by atoms with E-state index >= 15 is 0 Å². The van der Waals surface area contributed by atoms with Gasteiger partial charge in [0.25, 0.3) is 0 Å². The van der Waals surface area contributed by atoms with Gasteiger partial charge in [-0.1, -0.05) is 41.7 Å². The zero-order valence-electron chi connectivity index (χ0n) is 10.8. The molecule has 0 aliphatic carbocycles. The number of thiocarbonyl (C=S) groups is 1. The Bertz CT molecular complexity index is 693. The van der Waals surface area contributed by atoms with E-state index in [4.69, 9.17) is 27.6 Å². The molecule has 0 spiro atoms. The van der Waals surface area contributed by atoms with E-state index in [0.29, 0.717) is 5.76 Å². The first kappa shape index (κ1) is 14.4. The van der Waals surface area contributed by atoms with Crippen LogP contribution in [-0.2, 0) is 0 Å². The number of aryl methyl sites for hydroxylation is 1. The van der Waals surface area contributed by atoms with Gasteiger partial charge >= 0.3 is 0 Å². The Hall–Kier alpha value is -2.03. The number of nitriles is 1. The third-order valence-corrected chi connectivity index (χ3v) is 3.66. The highest BCUT2D eigenvalue weighted by molar-refractivity contribution is 7.99. The van der Waals surface area contributed by atoms with Gasteiger partial charge in [0.05, 0.1) is 5.57 Å². The molecule has 0 saturated heterocycles. The third kappa shape index (κ3) is 3.73. The van der Waals surface area contributed by atoms with Crippen molar-refractivity contribution in [2.24, 2.45) is 5.73 Å². The van der Waals surface area contributed by atoms with E-state index in [9.17, 15) is 0 Å². The molecule has 20 heavy (non-hydrogen) atoms. The second kappa shape index (κ2) is 6.42. The molecule has 3 nitrogen and oxygen atoms in total. The number of nitrogens with two attached hydrogens (primary N) is 1. The minimum absolute atomic E-state index is 0.0663. The van der Waals surface area contributed by atoms with Crippen LogP contribution >= 0.6 is 24.0 Å². The van der Waals surface area contributed by atoms with Crippen molar-refractivity contribution in [1.82, 2.24) is 0 Å². The lowest BCUT2D eigenvalue weighted by Gasteiger charge is -1.98. The second-order valence-electron chi connectivity index (χ2n) is 4.11. The summed E-state index contributed by atoms with van der Waals surface area (Å²) in [7, 11) is 0. The predicted molar refractivity (Wildman–Crippen MR) is 84.4 cm³/mol. The standard InChI is InChI=1S/C15H12N2OS2/c1-10-2-5-13(6-3-10)20-14-7-4-12(18-14)8-11(9-16)15(17)19/h2-8H,1H3,(H2,17,19)/b11-8-. The van der Waals surface area contributed by atoms with E-state index in [2.05, 4.69) is 0 Å². The summed E-state index contributed by atoms with van der Waals surface area (Å²) in [4.78, 5) is 1.16. The zero-order chi connectivity index (χ0) is 14.5. The summed E-state index contributed by atoms with van der Waals surface area (Å²) >= 11 is 6.30. The predicted octanol–water partition coefficient (Wildman–Crippen LogP) is 3.93. The van der Waals surface area contributed by atoms with Crippen LogP contribution in [0.15, 0.2) is 56.4 Å². The Kier molecular flexibility index (Phi) is 4.61. The summed E-state index contributed by atoms with van der Waals surface area (Å²) in [5.41, 5.74) is 6.89. The molecule has 0 radical (unpaired) electrons. The zero-order valence-corrected chi connectivity index (χ0v) is 12.4. The average Bonchev–Trinajstić information content (AvgIpc) is 2.86. The maximum Gasteiger partial charge on any atom is 0.165 e. The molecule has 0 aliphatic rings. The molecule has 1 aromatic carbocycles. The number of furan rings is 1. The van der Waals surface area contributed by atoms with Crippen molar-refractivity contribution in [1.29, 1.82) is 5.26 Å². The van der Waals surface area contributed by atoms with Gasteiger partial charge in [-0.15, -0.1) is 0 Å². The Morgan fingerprint density at radius 3 is 2.60 bits per heavy atom. The topological polar surface area (TPSA) is 63.0 Å². The van der Waals surface area contributed by atoms with Crippen molar-refractivity contribution in [2.45, 2.75) is 16.9 Å². The Balaban J connectivity index is 2.15. The minimum Gasteiger partial charge on any atom is -0.450 e. The van der Waals surface area contributed by atoms with Crippen LogP contribution in [0.3, 0.4) is 0 Å². The second-order valence-corrected chi connectivity index (χ2v) is 5.62. The molecule has 0 aliphatic heterocycles. The van der Waals surface area contributed by atoms with Crippen LogP contribution in [0, 0.1) is 18.3 Å². The van der Waals surface area contributed by atoms with Crippen molar-refractivity contribution in [3.63, 3.8) is 0 Å². The highest BCUT2D eigenvalue weighted by Gasteiger charge is 2.05. The molecule has 0 amide bonds. The van der Waals surface area contributed by atoms with Gasteiger partial charge in [-0.3, -0.25) is 0 Å². The Labute approximate surface area is 127 Å². The van der Waals surface area contributed by atoms with Gasteiger partial charge in [0.1, 0.15) is 16.8 Å². The molecule has 1 aromatic heterocycles. The van der Waals surface area contributed by atoms with Crippen LogP contribution in [0.4, 0.5) is 0 Å². The van der Waals surface area contributed by atoms with Crippen molar-refractivity contribution in [2.75, 3.05) is 0 Å². The molecule has 0 fully saturated rings. The number of hydrogen-bond donors (Lipinski definition) is 1. The summed E-state index contributed by atoms with van der Waals surface area (Å²) in [6.07, 6.45) is 1.54. The van der Waals surface area contributed by atoms with Crippen LogP contribution < -0.4 is 5.73 Å². The highest BCUT2D eigenvalue weighted by Crippen LogP contribution is 2.29. The molecule has 100 valence electrons. The monoisotopic (exact) mass is 300 g/mol. The van der Waals surface area contributed by atoms with Crippen LogP contribution in [-0.4, -0.2) is 4.99 Å². The Morgan fingerprint density at radius 1 is 1.30 bits per heavy atom. The number of rotatable bonds is 4. The largest absolute Gasteiger partial charge is 0.450 e. The molecule has 5 heteroatoms. The first-order chi connectivity index (χ1) is 9.58. The van der Waals surface area contributed by atoms with Crippen molar-refractivity contribution in [3.05, 3.63) is 53.3 Å². The number of nitrogens with zero attached hydrogens (tertiary/aromatic N) is 1. The summed E-state index contributed by atoms with van der Waals surface area (Å²) in [6, 6.07) is 13.7. The maximum atomic E-state index is 8.89. The molecule has 1 heterocycles. The van der Waals surface area contributed by atoms with E-state index in [1.54, 1.807) is 12.1 Å². The molecule has 0 bridgehead atoms. The van der Waals surface area contributed by atoms with Gasteiger partial charge in [0, 0.05) is 11.0 Å². The molecular weight excluding hydrogens is 288 g/mol. The van der Waals surface area contributed by atoms with Gasteiger partial charge in [0.15, 0.2) is 5.09 Å². The highest BCUT2D eigenvalue weighted by atomic mass is 32.2. The summed E-state index contributed by atoms with van der Waals surface area (Å²) in [5, 5.41) is 9.64. The van der Waals surface area contributed by atoms with E-state index in [-0.39, 0.29) is 10.6 Å². The van der Waals surface area contributed by atoms with E-state index in [1.807, 2.05) is 43.3 Å². The molecule has 2 rings (SSSR count). The maximum absolute atomic E-state index is 8.89. The van der Waals surface area contributed by atoms with Gasteiger partial charge in [-0.25, -0.2) is 0 Å². The lowest BCUT2D eigenvalue weighted by molar-refractivity contribution is 0.466. The first-order valence-corrected chi connectivity index (χ1v) is 7.07. The molecule has 0 unspecified atom stereocenters. The van der Waals surface area contributed by atoms with Crippen LogP contribution in [0.1, 0.15) is 11.3 Å². The SMILES string of the molecule is Cc1ccc(Sc2ccc(/C=C(/C#N)C(N)=S)o2)cc1. The smallest absolute Gasteiger partial charge is 0.165 e. The van der Waals surface area contributed by atoms with Gasteiger partial charge in [-0.05, 0) is 31.2 Å². The fourth-order valence-electron chi connectivity index (χ4n) is 1.49. The molecule has 2 aromatic rings. The summed E-state index contributed by atoms with van der Waals surface area (Å²) in [5.74, 6) is 0.559. The number of benzene rings is 1. The van der Waals surface area contributed by atoms with E-state index in [0.717, 1.165) is 9.99 Å². The normalized spacial score (nSPS) is 11.1. The lowest BCUT2D eigenvalue weighted by atomic mass is 10.2. The van der Waals surface area contributed by atoms with Gasteiger partial charge < -0.3 is 10.2 Å². The minimum atomic E-state index is 0.0663. The first-order valence-electron chi connectivity index (χ1n) is 5.84. The van der Waals surface area contributed by atoms with Crippen LogP contribution in [0.2, 0.25) is 0 Å². The molecule has 0 atom stereocenters.